The fourth-order valence-electron chi connectivity index (χ4n) is 2.23. The third kappa shape index (κ3) is 3.08. The Morgan fingerprint density at radius 2 is 1.90 bits per heavy atom. The lowest BCUT2D eigenvalue weighted by molar-refractivity contribution is -0.141. The van der Waals surface area contributed by atoms with Gasteiger partial charge >= 0.3 is 11.3 Å². The monoisotopic (exact) mass is 296 g/mol. The van der Waals surface area contributed by atoms with Crippen LogP contribution >= 0.6 is 11.6 Å². The van der Waals surface area contributed by atoms with E-state index in [0.717, 1.165) is 4.90 Å². The summed E-state index contributed by atoms with van der Waals surface area (Å²) >= 11 is 5.35. The first-order valence-corrected chi connectivity index (χ1v) is 6.41. The molecule has 0 saturated carbocycles. The topological polar surface area (TPSA) is 86.7 Å². The first-order valence-electron chi connectivity index (χ1n) is 6.04. The van der Waals surface area contributed by atoms with E-state index in [-0.39, 0.29) is 18.9 Å². The molecule has 2 unspecified atom stereocenters. The normalized spacial score (nSPS) is 21.6. The van der Waals surface area contributed by atoms with Crippen molar-refractivity contribution in [2.45, 2.75) is 18.5 Å². The highest BCUT2D eigenvalue weighted by Gasteiger charge is 2.39. The number of likely N-dealkylation sites (tertiary alicyclic amines) is 1. The maximum absolute atomic E-state index is 12.0. The molecule has 1 heterocycles. The average molecular weight is 297 g/mol. The molecule has 1 saturated heterocycles. The standard InChI is InChI=1S/C13H13ClN2O4/c14-13(20)16-7-9(6-10(16)12(18)19)15-11(17)8-4-2-1-3-5-8/h1-5,9-10H,6-7H2,(H,15,17)(H,18,19). The highest BCUT2D eigenvalue weighted by molar-refractivity contribution is 6.63. The summed E-state index contributed by atoms with van der Waals surface area (Å²) in [5.74, 6) is -1.43. The van der Waals surface area contributed by atoms with Crippen molar-refractivity contribution in [3.63, 3.8) is 0 Å². The predicted molar refractivity (Wildman–Crippen MR) is 71.7 cm³/mol. The molecule has 1 fully saturated rings. The van der Waals surface area contributed by atoms with Crippen molar-refractivity contribution in [3.05, 3.63) is 35.9 Å². The van der Waals surface area contributed by atoms with Crippen LogP contribution in [0.2, 0.25) is 0 Å². The van der Waals surface area contributed by atoms with Gasteiger partial charge in [-0.05, 0) is 23.7 Å². The molecule has 20 heavy (non-hydrogen) atoms. The van der Waals surface area contributed by atoms with E-state index < -0.39 is 23.4 Å². The van der Waals surface area contributed by atoms with Crippen LogP contribution in [0.1, 0.15) is 16.8 Å². The molecule has 7 heteroatoms. The molecule has 1 aromatic rings. The van der Waals surface area contributed by atoms with Crippen LogP contribution in [0.3, 0.4) is 0 Å². The van der Waals surface area contributed by atoms with Gasteiger partial charge in [0.15, 0.2) is 0 Å². The molecule has 2 amide bonds. The number of rotatable bonds is 3. The second-order valence-corrected chi connectivity index (χ2v) is 4.85. The maximum Gasteiger partial charge on any atom is 0.326 e. The smallest absolute Gasteiger partial charge is 0.326 e. The minimum Gasteiger partial charge on any atom is -0.480 e. The number of carbonyl (C=O) groups excluding carboxylic acids is 2. The molecule has 0 aromatic heterocycles. The number of nitrogens with zero attached hydrogens (tertiary/aromatic N) is 1. The lowest BCUT2D eigenvalue weighted by atomic mass is 10.1. The van der Waals surface area contributed by atoms with Crippen molar-refractivity contribution in [3.8, 4) is 0 Å². The number of carbonyl (C=O) groups is 3. The molecule has 2 atom stereocenters. The summed E-state index contributed by atoms with van der Waals surface area (Å²) in [6, 6.07) is 7.15. The summed E-state index contributed by atoms with van der Waals surface area (Å²) in [5.41, 5.74) is 0.482. The highest BCUT2D eigenvalue weighted by Crippen LogP contribution is 2.20. The van der Waals surface area contributed by atoms with E-state index >= 15 is 0 Å². The summed E-state index contributed by atoms with van der Waals surface area (Å²) in [6.45, 7) is 0.0951. The number of hydrogen-bond donors (Lipinski definition) is 2. The van der Waals surface area contributed by atoms with Crippen LogP contribution in [-0.4, -0.2) is 45.9 Å². The SMILES string of the molecule is O=C(NC1CC(C(=O)O)N(C(=O)Cl)C1)c1ccccc1. The molecular formula is C13H13ClN2O4. The number of carboxylic acids is 1. The van der Waals surface area contributed by atoms with Crippen LogP contribution < -0.4 is 5.32 Å². The maximum atomic E-state index is 12.0. The molecule has 1 aliphatic heterocycles. The summed E-state index contributed by atoms with van der Waals surface area (Å²) in [6.07, 6.45) is 0.145. The first kappa shape index (κ1) is 14.3. The van der Waals surface area contributed by atoms with E-state index in [1.165, 1.54) is 0 Å². The molecule has 0 radical (unpaired) electrons. The second kappa shape index (κ2) is 5.92. The van der Waals surface area contributed by atoms with Gasteiger partial charge in [-0.2, -0.15) is 0 Å². The highest BCUT2D eigenvalue weighted by atomic mass is 35.5. The minimum atomic E-state index is -1.13. The largest absolute Gasteiger partial charge is 0.480 e. The molecule has 0 aliphatic carbocycles. The van der Waals surface area contributed by atoms with Gasteiger partial charge in [-0.15, -0.1) is 0 Å². The van der Waals surface area contributed by atoms with E-state index in [1.54, 1.807) is 30.3 Å². The summed E-state index contributed by atoms with van der Waals surface area (Å²) in [5, 5.41) is 10.9. The quantitative estimate of drug-likeness (QED) is 0.650. The third-order valence-electron chi connectivity index (χ3n) is 3.18. The number of nitrogens with one attached hydrogen (secondary N) is 1. The zero-order valence-corrected chi connectivity index (χ0v) is 11.2. The molecule has 0 bridgehead atoms. The van der Waals surface area contributed by atoms with Crippen molar-refractivity contribution in [1.29, 1.82) is 0 Å². The Morgan fingerprint density at radius 1 is 1.25 bits per heavy atom. The number of halogens is 1. The predicted octanol–water partition coefficient (Wildman–Crippen LogP) is 1.30. The Bertz CT molecular complexity index is 512. The van der Waals surface area contributed by atoms with Crippen LogP contribution in [0.5, 0.6) is 0 Å². The number of benzene rings is 1. The molecule has 1 aliphatic rings. The van der Waals surface area contributed by atoms with Crippen LogP contribution in [-0.2, 0) is 4.79 Å². The zero-order valence-electron chi connectivity index (χ0n) is 10.5. The minimum absolute atomic E-state index is 0.0951. The van der Waals surface area contributed by atoms with Gasteiger partial charge in [0.2, 0.25) is 0 Å². The van der Waals surface area contributed by atoms with Gasteiger partial charge in [-0.3, -0.25) is 9.59 Å². The van der Waals surface area contributed by atoms with E-state index in [0.29, 0.717) is 5.56 Å². The summed E-state index contributed by atoms with van der Waals surface area (Å²) in [7, 11) is 0. The lowest BCUT2D eigenvalue weighted by Gasteiger charge is -2.17. The van der Waals surface area contributed by atoms with Gasteiger partial charge in [0, 0.05) is 24.6 Å². The molecule has 2 N–H and O–H groups in total. The zero-order chi connectivity index (χ0) is 14.7. The number of hydrogen-bond acceptors (Lipinski definition) is 3. The number of carboxylic acid groups (broad SMARTS) is 1. The Kier molecular flexibility index (Phi) is 4.24. The van der Waals surface area contributed by atoms with Crippen LogP contribution in [0.15, 0.2) is 30.3 Å². The Balaban J connectivity index is 2.03. The van der Waals surface area contributed by atoms with Gasteiger partial charge in [-0.25, -0.2) is 4.79 Å². The summed E-state index contributed by atoms with van der Waals surface area (Å²) < 4.78 is 0. The molecule has 0 spiro atoms. The van der Waals surface area contributed by atoms with Crippen molar-refractivity contribution < 1.29 is 19.5 Å². The van der Waals surface area contributed by atoms with Crippen LogP contribution in [0, 0.1) is 0 Å². The van der Waals surface area contributed by atoms with Gasteiger partial charge in [0.05, 0.1) is 0 Å². The van der Waals surface area contributed by atoms with Crippen LogP contribution in [0.25, 0.3) is 0 Å². The lowest BCUT2D eigenvalue weighted by Crippen LogP contribution is -2.39. The molecule has 1 aromatic carbocycles. The molecule has 2 rings (SSSR count). The van der Waals surface area contributed by atoms with Crippen molar-refractivity contribution in [2.24, 2.45) is 0 Å². The van der Waals surface area contributed by atoms with Crippen molar-refractivity contribution >= 4 is 28.8 Å². The average Bonchev–Trinajstić information content (AvgIpc) is 2.84. The Morgan fingerprint density at radius 3 is 2.40 bits per heavy atom. The Labute approximate surface area is 120 Å². The van der Waals surface area contributed by atoms with Gasteiger partial charge in [-0.1, -0.05) is 18.2 Å². The van der Waals surface area contributed by atoms with E-state index in [1.807, 2.05) is 0 Å². The van der Waals surface area contributed by atoms with Crippen molar-refractivity contribution in [1.82, 2.24) is 10.2 Å². The third-order valence-corrected chi connectivity index (χ3v) is 3.40. The number of aliphatic carboxylic acids is 1. The molecule has 6 nitrogen and oxygen atoms in total. The van der Waals surface area contributed by atoms with E-state index in [9.17, 15) is 14.4 Å². The van der Waals surface area contributed by atoms with E-state index in [4.69, 9.17) is 16.7 Å². The number of amides is 2. The fourth-order valence-corrected chi connectivity index (χ4v) is 2.41. The molecule has 106 valence electrons. The van der Waals surface area contributed by atoms with Crippen molar-refractivity contribution in [2.75, 3.05) is 6.54 Å². The fraction of sp³-hybridized carbons (Fsp3) is 0.308. The van der Waals surface area contributed by atoms with Gasteiger partial charge in [0.25, 0.3) is 5.91 Å². The van der Waals surface area contributed by atoms with Crippen LogP contribution in [0.4, 0.5) is 4.79 Å². The second-order valence-electron chi connectivity index (χ2n) is 4.53. The van der Waals surface area contributed by atoms with Gasteiger partial charge in [0.1, 0.15) is 6.04 Å². The molecular weight excluding hydrogens is 284 g/mol. The summed E-state index contributed by atoms with van der Waals surface area (Å²) in [4.78, 5) is 35.2. The Hall–Kier alpha value is -2.08. The first-order chi connectivity index (χ1) is 9.49. The van der Waals surface area contributed by atoms with Gasteiger partial charge < -0.3 is 15.3 Å². The van der Waals surface area contributed by atoms with E-state index in [2.05, 4.69) is 5.32 Å².